The van der Waals surface area contributed by atoms with Gasteiger partial charge in [-0.05, 0) is 18.6 Å². The molecule has 1 heterocycles. The standard InChI is InChI=1S/C13H13ClF4N2/c14-7-5-11-19-12-9(15)3-1-4-10(12)20(11)8-2-6-13(16,17)18/h1,3-4H,2,5-8H2. The van der Waals surface area contributed by atoms with Gasteiger partial charge in [0.05, 0.1) is 5.52 Å². The van der Waals surface area contributed by atoms with Crippen molar-refractivity contribution in [2.24, 2.45) is 0 Å². The zero-order valence-corrected chi connectivity index (χ0v) is 11.3. The molecular weight excluding hydrogens is 296 g/mol. The van der Waals surface area contributed by atoms with Crippen molar-refractivity contribution < 1.29 is 17.6 Å². The van der Waals surface area contributed by atoms with E-state index in [9.17, 15) is 17.6 Å². The zero-order valence-electron chi connectivity index (χ0n) is 10.6. The highest BCUT2D eigenvalue weighted by Gasteiger charge is 2.26. The second-order valence-corrected chi connectivity index (χ2v) is 4.82. The summed E-state index contributed by atoms with van der Waals surface area (Å²) in [6.45, 7) is 0.145. The third kappa shape index (κ3) is 3.42. The van der Waals surface area contributed by atoms with Gasteiger partial charge in [-0.25, -0.2) is 9.37 Å². The third-order valence-electron chi connectivity index (χ3n) is 2.97. The number of halogens is 5. The van der Waals surface area contributed by atoms with Crippen LogP contribution in [0.5, 0.6) is 0 Å². The Bertz CT molecular complexity index is 592. The average molecular weight is 309 g/mol. The molecule has 2 aromatic rings. The van der Waals surface area contributed by atoms with Crippen LogP contribution in [0, 0.1) is 5.82 Å². The summed E-state index contributed by atoms with van der Waals surface area (Å²) in [5, 5.41) is 0. The Morgan fingerprint density at radius 3 is 2.65 bits per heavy atom. The predicted octanol–water partition coefficient (Wildman–Crippen LogP) is 4.30. The van der Waals surface area contributed by atoms with Gasteiger partial charge in [-0.15, -0.1) is 11.6 Å². The van der Waals surface area contributed by atoms with Crippen LogP contribution in [0.2, 0.25) is 0 Å². The number of para-hydroxylation sites is 1. The Morgan fingerprint density at radius 1 is 1.25 bits per heavy atom. The largest absolute Gasteiger partial charge is 0.389 e. The van der Waals surface area contributed by atoms with Gasteiger partial charge in [0.15, 0.2) is 5.82 Å². The number of alkyl halides is 4. The van der Waals surface area contributed by atoms with Crippen LogP contribution >= 0.6 is 11.6 Å². The van der Waals surface area contributed by atoms with Crippen LogP contribution in [0.4, 0.5) is 17.6 Å². The van der Waals surface area contributed by atoms with E-state index < -0.39 is 18.4 Å². The molecule has 2 rings (SSSR count). The normalized spacial score (nSPS) is 12.2. The Labute approximate surface area is 118 Å². The van der Waals surface area contributed by atoms with Gasteiger partial charge in [-0.3, -0.25) is 0 Å². The maximum absolute atomic E-state index is 13.6. The number of nitrogens with zero attached hydrogens (tertiary/aromatic N) is 2. The van der Waals surface area contributed by atoms with Crippen LogP contribution in [0.1, 0.15) is 18.7 Å². The van der Waals surface area contributed by atoms with E-state index in [1.54, 1.807) is 10.6 Å². The van der Waals surface area contributed by atoms with Gasteiger partial charge in [-0.1, -0.05) is 6.07 Å². The fraction of sp³-hybridized carbons (Fsp3) is 0.462. The average Bonchev–Trinajstić information content (AvgIpc) is 2.69. The quantitative estimate of drug-likeness (QED) is 0.595. The van der Waals surface area contributed by atoms with Crippen molar-refractivity contribution in [3.8, 4) is 0 Å². The van der Waals surface area contributed by atoms with Gasteiger partial charge in [0.1, 0.15) is 11.3 Å². The van der Waals surface area contributed by atoms with Crippen LogP contribution in [-0.2, 0) is 13.0 Å². The van der Waals surface area contributed by atoms with Gasteiger partial charge in [0, 0.05) is 25.3 Å². The molecule has 0 saturated heterocycles. The van der Waals surface area contributed by atoms with Gasteiger partial charge >= 0.3 is 6.18 Å². The van der Waals surface area contributed by atoms with Crippen molar-refractivity contribution in [3.63, 3.8) is 0 Å². The highest BCUT2D eigenvalue weighted by atomic mass is 35.5. The van der Waals surface area contributed by atoms with E-state index >= 15 is 0 Å². The molecule has 20 heavy (non-hydrogen) atoms. The summed E-state index contributed by atoms with van der Waals surface area (Å²) in [5.41, 5.74) is 0.687. The Kier molecular flexibility index (Phi) is 4.52. The number of aromatic nitrogens is 2. The summed E-state index contributed by atoms with van der Waals surface area (Å²) in [5.74, 6) is 0.319. The number of hydrogen-bond acceptors (Lipinski definition) is 1. The summed E-state index contributed by atoms with van der Waals surface area (Å²) >= 11 is 5.65. The molecule has 0 aliphatic heterocycles. The minimum absolute atomic E-state index is 0.0687. The molecule has 1 aromatic heterocycles. The van der Waals surface area contributed by atoms with Crippen molar-refractivity contribution in [3.05, 3.63) is 29.8 Å². The Balaban J connectivity index is 2.29. The summed E-state index contributed by atoms with van der Waals surface area (Å²) in [6.07, 6.45) is -4.74. The maximum Gasteiger partial charge on any atom is 0.389 e. The summed E-state index contributed by atoms with van der Waals surface area (Å²) in [4.78, 5) is 4.14. The van der Waals surface area contributed by atoms with Crippen LogP contribution in [0.15, 0.2) is 18.2 Å². The van der Waals surface area contributed by atoms with Crippen LogP contribution < -0.4 is 0 Å². The number of fused-ring (bicyclic) bond motifs is 1. The number of aryl methyl sites for hydroxylation is 2. The fourth-order valence-electron chi connectivity index (χ4n) is 2.12. The smallest absolute Gasteiger partial charge is 0.328 e. The summed E-state index contributed by atoms with van der Waals surface area (Å²) < 4.78 is 51.9. The van der Waals surface area contributed by atoms with Gasteiger partial charge < -0.3 is 4.57 Å². The van der Waals surface area contributed by atoms with E-state index in [4.69, 9.17) is 11.6 Å². The molecule has 0 bridgehead atoms. The molecule has 0 unspecified atom stereocenters. The molecular formula is C13H13ClF4N2. The highest BCUT2D eigenvalue weighted by molar-refractivity contribution is 6.17. The van der Waals surface area contributed by atoms with Gasteiger partial charge in [0.2, 0.25) is 0 Å². The number of rotatable bonds is 5. The first-order valence-corrected chi connectivity index (χ1v) is 6.72. The Morgan fingerprint density at radius 2 is 2.00 bits per heavy atom. The molecule has 2 nitrogen and oxygen atoms in total. The number of imidazole rings is 1. The van der Waals surface area contributed by atoms with E-state index in [1.165, 1.54) is 12.1 Å². The first kappa shape index (κ1) is 15.1. The SMILES string of the molecule is Fc1cccc2c1nc(CCCl)n2CCCC(F)(F)F. The first-order valence-electron chi connectivity index (χ1n) is 6.18. The zero-order chi connectivity index (χ0) is 14.8. The van der Waals surface area contributed by atoms with E-state index in [1.807, 2.05) is 0 Å². The summed E-state index contributed by atoms with van der Waals surface area (Å²) in [6, 6.07) is 4.45. The molecule has 0 aliphatic carbocycles. The monoisotopic (exact) mass is 308 g/mol. The lowest BCUT2D eigenvalue weighted by Crippen LogP contribution is -2.11. The molecule has 1 aromatic carbocycles. The van der Waals surface area contributed by atoms with Crippen LogP contribution in [-0.4, -0.2) is 21.6 Å². The van der Waals surface area contributed by atoms with E-state index in [2.05, 4.69) is 4.98 Å². The van der Waals surface area contributed by atoms with Crippen molar-refractivity contribution in [2.75, 3.05) is 5.88 Å². The predicted molar refractivity (Wildman–Crippen MR) is 69.4 cm³/mol. The summed E-state index contributed by atoms with van der Waals surface area (Å²) in [7, 11) is 0. The van der Waals surface area contributed by atoms with Crippen molar-refractivity contribution >= 4 is 22.6 Å². The van der Waals surface area contributed by atoms with E-state index in [0.29, 0.717) is 17.8 Å². The second-order valence-electron chi connectivity index (χ2n) is 4.44. The second kappa shape index (κ2) is 5.99. The fourth-order valence-corrected chi connectivity index (χ4v) is 2.29. The molecule has 0 saturated carbocycles. The lowest BCUT2D eigenvalue weighted by molar-refractivity contribution is -0.135. The Hall–Kier alpha value is -1.30. The van der Waals surface area contributed by atoms with Gasteiger partial charge in [0.25, 0.3) is 0 Å². The van der Waals surface area contributed by atoms with Crippen LogP contribution in [0.3, 0.4) is 0 Å². The molecule has 0 atom stereocenters. The van der Waals surface area contributed by atoms with Crippen molar-refractivity contribution in [1.82, 2.24) is 9.55 Å². The minimum Gasteiger partial charge on any atom is -0.328 e. The van der Waals surface area contributed by atoms with Crippen molar-refractivity contribution in [2.45, 2.75) is 32.0 Å². The third-order valence-corrected chi connectivity index (χ3v) is 3.16. The number of benzene rings is 1. The molecule has 0 fully saturated rings. The van der Waals surface area contributed by atoms with E-state index in [0.717, 1.165) is 0 Å². The molecule has 0 amide bonds. The van der Waals surface area contributed by atoms with Crippen LogP contribution in [0.25, 0.3) is 11.0 Å². The molecule has 0 aliphatic rings. The van der Waals surface area contributed by atoms with Gasteiger partial charge in [-0.2, -0.15) is 13.2 Å². The molecule has 7 heteroatoms. The minimum atomic E-state index is -4.19. The topological polar surface area (TPSA) is 17.8 Å². The lowest BCUT2D eigenvalue weighted by atomic mass is 10.2. The molecule has 110 valence electrons. The number of hydrogen-bond donors (Lipinski definition) is 0. The molecule has 0 spiro atoms. The lowest BCUT2D eigenvalue weighted by Gasteiger charge is -2.10. The first-order chi connectivity index (χ1) is 9.42. The maximum atomic E-state index is 13.6. The van der Waals surface area contributed by atoms with Crippen molar-refractivity contribution in [1.29, 1.82) is 0 Å². The highest BCUT2D eigenvalue weighted by Crippen LogP contribution is 2.24. The molecule has 0 radical (unpaired) electrons. The van der Waals surface area contributed by atoms with E-state index in [-0.39, 0.29) is 24.4 Å². The molecule has 0 N–H and O–H groups in total.